The number of carbonyl (C=O) groups is 2. The van der Waals surface area contributed by atoms with Crippen LogP contribution >= 0.6 is 11.8 Å². The summed E-state index contributed by atoms with van der Waals surface area (Å²) >= 11 is 1.61. The fourth-order valence-corrected chi connectivity index (χ4v) is 5.66. The van der Waals surface area contributed by atoms with Crippen molar-refractivity contribution in [2.45, 2.75) is 38.3 Å². The van der Waals surface area contributed by atoms with Gasteiger partial charge in [-0.25, -0.2) is 0 Å². The number of fused-ring (bicyclic) bond motifs is 3. The number of carbonyl (C=O) groups excluding carboxylic acids is 2. The first-order valence-corrected chi connectivity index (χ1v) is 14.9. The number of amides is 2. The van der Waals surface area contributed by atoms with Crippen molar-refractivity contribution >= 4 is 35.0 Å². The normalized spacial score (nSPS) is 14.4. The van der Waals surface area contributed by atoms with E-state index in [9.17, 15) is 14.4 Å². The summed E-state index contributed by atoms with van der Waals surface area (Å²) in [5, 5.41) is 9.10. The Bertz CT molecular complexity index is 1500. The average molecular weight is 593 g/mol. The molecule has 4 rings (SSSR count). The van der Waals surface area contributed by atoms with Crippen molar-refractivity contribution in [1.82, 2.24) is 10.3 Å². The lowest BCUT2D eigenvalue weighted by atomic mass is 9.95. The summed E-state index contributed by atoms with van der Waals surface area (Å²) in [5.74, 6) is 1.67. The zero-order valence-corrected chi connectivity index (χ0v) is 25.2. The van der Waals surface area contributed by atoms with Crippen molar-refractivity contribution in [3.63, 3.8) is 0 Å². The van der Waals surface area contributed by atoms with Crippen molar-refractivity contribution in [3.05, 3.63) is 70.1 Å². The molecule has 2 unspecified atom stereocenters. The number of anilines is 2. The Morgan fingerprint density at radius 3 is 2.43 bits per heavy atom. The first-order chi connectivity index (χ1) is 20.3. The van der Waals surface area contributed by atoms with E-state index in [1.165, 1.54) is 13.0 Å². The molecule has 0 saturated carbocycles. The molecule has 11 heteroatoms. The van der Waals surface area contributed by atoms with Gasteiger partial charge in [-0.1, -0.05) is 6.07 Å². The molecule has 0 fully saturated rings. The molecule has 1 heterocycles. The van der Waals surface area contributed by atoms with Crippen LogP contribution in [0.3, 0.4) is 0 Å². The minimum Gasteiger partial charge on any atom is -0.493 e. The van der Waals surface area contributed by atoms with Gasteiger partial charge in [0, 0.05) is 30.6 Å². The highest BCUT2D eigenvalue weighted by molar-refractivity contribution is 7.98. The van der Waals surface area contributed by atoms with Crippen LogP contribution in [0.2, 0.25) is 0 Å². The third-order valence-electron chi connectivity index (χ3n) is 7.12. The number of nitrogens with one attached hydrogen (secondary N) is 3. The quantitative estimate of drug-likeness (QED) is 0.296. The van der Waals surface area contributed by atoms with Crippen molar-refractivity contribution in [2.24, 2.45) is 0 Å². The molecular formula is C31H36N4O6S. The maximum absolute atomic E-state index is 13.7. The van der Waals surface area contributed by atoms with Gasteiger partial charge in [-0.3, -0.25) is 19.4 Å². The van der Waals surface area contributed by atoms with E-state index < -0.39 is 12.1 Å². The van der Waals surface area contributed by atoms with Gasteiger partial charge in [-0.2, -0.15) is 11.8 Å². The Balaban J connectivity index is 1.85. The topological polar surface area (TPSA) is 128 Å². The van der Waals surface area contributed by atoms with Gasteiger partial charge in [-0.05, 0) is 78.3 Å². The lowest BCUT2D eigenvalue weighted by Gasteiger charge is -2.19. The van der Waals surface area contributed by atoms with Crippen LogP contribution in [0.15, 0.2) is 53.6 Å². The molecule has 10 nitrogen and oxygen atoms in total. The number of methoxy groups -OCH3 is 3. The minimum atomic E-state index is -0.669. The number of rotatable bonds is 11. The second kappa shape index (κ2) is 14.1. The van der Waals surface area contributed by atoms with E-state index in [4.69, 9.17) is 14.2 Å². The summed E-state index contributed by atoms with van der Waals surface area (Å²) in [6.07, 6.45) is 6.81. The summed E-state index contributed by atoms with van der Waals surface area (Å²) in [4.78, 5) is 43.2. The predicted molar refractivity (Wildman–Crippen MR) is 166 cm³/mol. The highest BCUT2D eigenvalue weighted by atomic mass is 32.2. The van der Waals surface area contributed by atoms with Crippen LogP contribution in [-0.2, 0) is 16.0 Å². The molecule has 1 aliphatic rings. The summed E-state index contributed by atoms with van der Waals surface area (Å²) in [5.41, 5.74) is 3.63. The summed E-state index contributed by atoms with van der Waals surface area (Å²) in [7, 11) is 4.66. The van der Waals surface area contributed by atoms with Crippen molar-refractivity contribution in [1.29, 1.82) is 0 Å². The monoisotopic (exact) mass is 592 g/mol. The van der Waals surface area contributed by atoms with Gasteiger partial charge in [0.1, 0.15) is 6.04 Å². The Labute approximate surface area is 249 Å². The van der Waals surface area contributed by atoms with E-state index in [-0.39, 0.29) is 22.9 Å². The van der Waals surface area contributed by atoms with Crippen LogP contribution in [0.25, 0.3) is 11.1 Å². The average Bonchev–Trinajstić information content (AvgIpc) is 3.22. The number of aromatic nitrogens is 1. The van der Waals surface area contributed by atoms with E-state index >= 15 is 0 Å². The molecule has 3 N–H and O–H groups in total. The van der Waals surface area contributed by atoms with E-state index in [1.807, 2.05) is 18.4 Å². The second-order valence-electron chi connectivity index (χ2n) is 9.80. The molecule has 0 aliphatic heterocycles. The van der Waals surface area contributed by atoms with Gasteiger partial charge >= 0.3 is 0 Å². The Morgan fingerprint density at radius 2 is 1.79 bits per heavy atom. The molecule has 0 saturated heterocycles. The van der Waals surface area contributed by atoms with Gasteiger partial charge in [0.05, 0.1) is 33.1 Å². The molecule has 3 aromatic rings. The fourth-order valence-electron chi connectivity index (χ4n) is 5.18. The maximum Gasteiger partial charge on any atom is 0.246 e. The highest BCUT2D eigenvalue weighted by Gasteiger charge is 2.30. The third kappa shape index (κ3) is 6.79. The number of thioether (sulfide) groups is 1. The molecule has 42 heavy (non-hydrogen) atoms. The first-order valence-electron chi connectivity index (χ1n) is 13.5. The SMILES string of the molecule is COc1cc2c(c(OC)c1OC)-c1ccc(NC(CCSC)C(=O)Nc3ccncc3)c(=O)cc1C(NC(C)=O)CC2. The second-order valence-corrected chi connectivity index (χ2v) is 10.8. The number of ether oxygens (including phenoxy) is 3. The Morgan fingerprint density at radius 1 is 1.05 bits per heavy atom. The Kier molecular flexibility index (Phi) is 10.3. The van der Waals surface area contributed by atoms with E-state index in [0.29, 0.717) is 59.1 Å². The van der Waals surface area contributed by atoms with Crippen LogP contribution in [0, 0.1) is 0 Å². The molecule has 2 amide bonds. The number of hydrogen-bond acceptors (Lipinski definition) is 9. The molecular weight excluding hydrogens is 556 g/mol. The zero-order chi connectivity index (χ0) is 30.2. The van der Waals surface area contributed by atoms with E-state index in [2.05, 4.69) is 20.9 Å². The minimum absolute atomic E-state index is 0.207. The van der Waals surface area contributed by atoms with Gasteiger partial charge in [-0.15, -0.1) is 0 Å². The zero-order valence-electron chi connectivity index (χ0n) is 24.4. The summed E-state index contributed by atoms with van der Waals surface area (Å²) < 4.78 is 17.1. The lowest BCUT2D eigenvalue weighted by molar-refractivity contribution is -0.120. The Hall–Kier alpha value is -4.25. The predicted octanol–water partition coefficient (Wildman–Crippen LogP) is 4.43. The summed E-state index contributed by atoms with van der Waals surface area (Å²) in [6.45, 7) is 1.45. The standard InChI is InChI=1S/C31H36N4O6S/c1-18(36)33-23-8-6-19-16-27(39-2)29(40-3)30(41-4)28(19)21-7-9-24(26(37)17-22(21)23)35-25(12-15-42-5)31(38)34-20-10-13-32-14-11-20/h7,9-11,13-14,16-17,23,25H,6,8,12,15H2,1-5H3,(H,33,36)(H,35,37)(H,32,34,38). The van der Waals surface area contributed by atoms with E-state index in [0.717, 1.165) is 11.1 Å². The molecule has 0 radical (unpaired) electrons. The van der Waals surface area contributed by atoms with Crippen LogP contribution < -0.4 is 35.6 Å². The molecule has 2 atom stereocenters. The van der Waals surface area contributed by atoms with Crippen molar-refractivity contribution in [3.8, 4) is 28.4 Å². The van der Waals surface area contributed by atoms with Gasteiger partial charge in [0.15, 0.2) is 11.5 Å². The number of nitrogens with zero attached hydrogens (tertiary/aromatic N) is 1. The van der Waals surface area contributed by atoms with Crippen molar-refractivity contribution in [2.75, 3.05) is 44.0 Å². The maximum atomic E-state index is 13.7. The molecule has 0 spiro atoms. The largest absolute Gasteiger partial charge is 0.493 e. The van der Waals surface area contributed by atoms with Gasteiger partial charge in [0.25, 0.3) is 0 Å². The number of pyridine rings is 1. The van der Waals surface area contributed by atoms with Crippen LogP contribution in [0.4, 0.5) is 11.4 Å². The molecule has 222 valence electrons. The smallest absolute Gasteiger partial charge is 0.246 e. The molecule has 2 aromatic carbocycles. The molecule has 0 bridgehead atoms. The van der Waals surface area contributed by atoms with Gasteiger partial charge in [0.2, 0.25) is 23.0 Å². The fraction of sp³-hybridized carbons (Fsp3) is 0.355. The van der Waals surface area contributed by atoms with E-state index in [1.54, 1.807) is 63.7 Å². The first kappa shape index (κ1) is 30.7. The van der Waals surface area contributed by atoms with Crippen LogP contribution in [0.5, 0.6) is 17.2 Å². The third-order valence-corrected chi connectivity index (χ3v) is 7.76. The number of aryl methyl sites for hydroxylation is 1. The summed E-state index contributed by atoms with van der Waals surface area (Å²) in [6, 6.07) is 9.27. The number of benzene rings is 1. The number of hydrogen-bond donors (Lipinski definition) is 3. The highest BCUT2D eigenvalue weighted by Crippen LogP contribution is 2.50. The molecule has 1 aromatic heterocycles. The lowest BCUT2D eigenvalue weighted by Crippen LogP contribution is -2.36. The van der Waals surface area contributed by atoms with Crippen LogP contribution in [0.1, 0.15) is 36.9 Å². The van der Waals surface area contributed by atoms with Crippen LogP contribution in [-0.4, -0.2) is 56.2 Å². The van der Waals surface area contributed by atoms with Gasteiger partial charge < -0.3 is 30.2 Å². The van der Waals surface area contributed by atoms with Crippen molar-refractivity contribution < 1.29 is 23.8 Å². The molecule has 1 aliphatic carbocycles.